The highest BCUT2D eigenvalue weighted by Crippen LogP contribution is 2.25. The highest BCUT2D eigenvalue weighted by Gasteiger charge is 2.15. The van der Waals surface area contributed by atoms with Crippen molar-refractivity contribution < 1.29 is 4.92 Å². The zero-order chi connectivity index (χ0) is 13.5. The van der Waals surface area contributed by atoms with Crippen molar-refractivity contribution in [2.45, 2.75) is 25.8 Å². The van der Waals surface area contributed by atoms with Gasteiger partial charge in [-0.05, 0) is 26.0 Å². The second-order valence-electron chi connectivity index (χ2n) is 4.29. The number of benzene rings is 1. The van der Waals surface area contributed by atoms with Crippen LogP contribution in [0.15, 0.2) is 24.3 Å². The average Bonchev–Trinajstić information content (AvgIpc) is 2.34. The maximum atomic E-state index is 10.9. The molecule has 0 bridgehead atoms. The van der Waals surface area contributed by atoms with Crippen LogP contribution in [-0.4, -0.2) is 29.2 Å². The molecule has 2 atom stereocenters. The Balaban J connectivity index is 2.72. The van der Waals surface area contributed by atoms with Crippen molar-refractivity contribution in [2.24, 2.45) is 0 Å². The molecule has 0 spiro atoms. The molecule has 18 heavy (non-hydrogen) atoms. The first-order chi connectivity index (χ1) is 8.54. The lowest BCUT2D eigenvalue weighted by Crippen LogP contribution is -2.23. The van der Waals surface area contributed by atoms with Gasteiger partial charge in [0.05, 0.1) is 4.92 Å². The number of nitrogens with zero attached hydrogens (tertiary/aromatic N) is 2. The maximum absolute atomic E-state index is 10.9. The van der Waals surface area contributed by atoms with E-state index in [9.17, 15) is 10.1 Å². The molecule has 0 aliphatic rings. The summed E-state index contributed by atoms with van der Waals surface area (Å²) in [7, 11) is 4.60. The zero-order valence-electron chi connectivity index (χ0n) is 10.8. The fourth-order valence-electron chi connectivity index (χ4n) is 1.71. The quantitative estimate of drug-likeness (QED) is 0.470. The minimum atomic E-state index is -0.350. The van der Waals surface area contributed by atoms with Crippen LogP contribution in [-0.2, 0) is 0 Å². The van der Waals surface area contributed by atoms with Gasteiger partial charge in [0.2, 0.25) is 0 Å². The molecule has 0 aromatic heterocycles. The average molecular weight is 269 g/mol. The van der Waals surface area contributed by atoms with Gasteiger partial charge in [0.1, 0.15) is 5.69 Å². The number of hydrogen-bond donors (Lipinski definition) is 1. The van der Waals surface area contributed by atoms with Crippen LogP contribution in [0.5, 0.6) is 0 Å². The minimum absolute atomic E-state index is 0.134. The Bertz CT molecular complexity index is 399. The van der Waals surface area contributed by atoms with Gasteiger partial charge in [0, 0.05) is 18.7 Å². The minimum Gasteiger partial charge on any atom is -0.377 e. The summed E-state index contributed by atoms with van der Waals surface area (Å²) in [5, 5.41) is 14.2. The van der Waals surface area contributed by atoms with Crippen LogP contribution >= 0.6 is 9.39 Å². The Hall–Kier alpha value is -1.19. The third-order valence-corrected chi connectivity index (χ3v) is 3.04. The van der Waals surface area contributed by atoms with E-state index in [0.29, 0.717) is 5.69 Å². The van der Waals surface area contributed by atoms with Gasteiger partial charge < -0.3 is 5.32 Å². The normalized spacial score (nSPS) is 12.4. The Morgan fingerprint density at radius 1 is 1.50 bits per heavy atom. The lowest BCUT2D eigenvalue weighted by molar-refractivity contribution is -0.384. The number of nitrogens with one attached hydrogen (secondary N) is 1. The summed E-state index contributed by atoms with van der Waals surface area (Å²) >= 11 is 0. The largest absolute Gasteiger partial charge is 0.377 e. The SMILES string of the molecule is CCC(CCN(C)P)Nc1ccccc1[N+](=O)[O-]. The molecule has 0 heterocycles. The Morgan fingerprint density at radius 3 is 2.72 bits per heavy atom. The molecule has 0 saturated heterocycles. The molecule has 0 aliphatic carbocycles. The third kappa shape index (κ3) is 4.59. The van der Waals surface area contributed by atoms with Crippen LogP contribution in [0, 0.1) is 10.1 Å². The summed E-state index contributed by atoms with van der Waals surface area (Å²) < 4.78 is 2.03. The number of nitro groups is 1. The molecule has 0 amide bonds. The van der Waals surface area contributed by atoms with Crippen molar-refractivity contribution in [1.29, 1.82) is 0 Å². The molecule has 0 radical (unpaired) electrons. The van der Waals surface area contributed by atoms with Gasteiger partial charge in [-0.2, -0.15) is 0 Å². The van der Waals surface area contributed by atoms with Gasteiger partial charge in [-0.3, -0.25) is 14.8 Å². The summed E-state index contributed by atoms with van der Waals surface area (Å²) in [4.78, 5) is 10.6. The van der Waals surface area contributed by atoms with Crippen molar-refractivity contribution in [3.05, 3.63) is 34.4 Å². The van der Waals surface area contributed by atoms with Crippen LogP contribution in [0.4, 0.5) is 11.4 Å². The summed E-state index contributed by atoms with van der Waals surface area (Å²) in [6, 6.07) is 7.02. The van der Waals surface area contributed by atoms with E-state index < -0.39 is 0 Å². The maximum Gasteiger partial charge on any atom is 0.292 e. The summed E-state index contributed by atoms with van der Waals surface area (Å²) in [6.07, 6.45) is 1.88. The first kappa shape index (κ1) is 14.9. The Kier molecular flexibility index (Phi) is 6.02. The van der Waals surface area contributed by atoms with Gasteiger partial charge in [-0.25, -0.2) is 0 Å². The van der Waals surface area contributed by atoms with Gasteiger partial charge in [-0.1, -0.05) is 28.4 Å². The number of anilines is 1. The number of rotatable bonds is 7. The van der Waals surface area contributed by atoms with E-state index in [4.69, 9.17) is 0 Å². The molecule has 100 valence electrons. The van der Waals surface area contributed by atoms with E-state index in [0.717, 1.165) is 19.4 Å². The van der Waals surface area contributed by atoms with E-state index in [1.165, 1.54) is 6.07 Å². The van der Waals surface area contributed by atoms with Crippen LogP contribution in [0.25, 0.3) is 0 Å². The highest BCUT2D eigenvalue weighted by molar-refractivity contribution is 7.13. The first-order valence-electron chi connectivity index (χ1n) is 6.00. The molecule has 0 fully saturated rings. The molecule has 0 aliphatic heterocycles. The fourth-order valence-corrected chi connectivity index (χ4v) is 1.86. The Morgan fingerprint density at radius 2 is 2.17 bits per heavy atom. The van der Waals surface area contributed by atoms with Gasteiger partial charge >= 0.3 is 0 Å². The van der Waals surface area contributed by atoms with Crippen LogP contribution < -0.4 is 5.32 Å². The monoisotopic (exact) mass is 269 g/mol. The second-order valence-corrected chi connectivity index (χ2v) is 5.17. The van der Waals surface area contributed by atoms with Crippen molar-refractivity contribution in [3.63, 3.8) is 0 Å². The van der Waals surface area contributed by atoms with E-state index in [2.05, 4.69) is 21.6 Å². The molecule has 2 unspecified atom stereocenters. The predicted octanol–water partition coefficient (Wildman–Crippen LogP) is 2.90. The third-order valence-electron chi connectivity index (χ3n) is 2.78. The molecular weight excluding hydrogens is 249 g/mol. The van der Waals surface area contributed by atoms with Crippen LogP contribution in [0.2, 0.25) is 0 Å². The molecule has 1 aromatic carbocycles. The lowest BCUT2D eigenvalue weighted by Gasteiger charge is -2.20. The number of para-hydroxylation sites is 2. The molecule has 1 aromatic rings. The number of hydrogen-bond acceptors (Lipinski definition) is 4. The summed E-state index contributed by atoms with van der Waals surface area (Å²) in [5.41, 5.74) is 0.732. The second kappa shape index (κ2) is 7.29. The molecule has 6 heteroatoms. The van der Waals surface area contributed by atoms with Crippen molar-refractivity contribution >= 4 is 20.8 Å². The topological polar surface area (TPSA) is 58.4 Å². The van der Waals surface area contributed by atoms with Crippen molar-refractivity contribution in [1.82, 2.24) is 4.67 Å². The first-order valence-corrected chi connectivity index (χ1v) is 6.52. The molecule has 5 nitrogen and oxygen atoms in total. The van der Waals surface area contributed by atoms with Crippen molar-refractivity contribution in [3.8, 4) is 0 Å². The predicted molar refractivity (Wildman–Crippen MR) is 77.8 cm³/mol. The molecule has 0 saturated carbocycles. The summed E-state index contributed by atoms with van der Waals surface area (Å²) in [6.45, 7) is 3.01. The van der Waals surface area contributed by atoms with E-state index in [1.807, 2.05) is 17.8 Å². The molecular formula is C12H20N3O2P. The summed E-state index contributed by atoms with van der Waals surface area (Å²) in [5.74, 6) is 0. The lowest BCUT2D eigenvalue weighted by atomic mass is 10.1. The molecule has 1 rings (SSSR count). The van der Waals surface area contributed by atoms with E-state index in [1.54, 1.807) is 12.1 Å². The van der Waals surface area contributed by atoms with Gasteiger partial charge in [0.25, 0.3) is 5.69 Å². The Labute approximate surface area is 110 Å². The van der Waals surface area contributed by atoms with Crippen molar-refractivity contribution in [2.75, 3.05) is 18.9 Å². The van der Waals surface area contributed by atoms with Gasteiger partial charge in [0.15, 0.2) is 0 Å². The standard InChI is InChI=1S/C12H20N3O2P/c1-3-10(8-9-14(2)18)13-11-6-4-5-7-12(11)15(16)17/h4-7,10,13H,3,8-9,18H2,1-2H3. The van der Waals surface area contributed by atoms with E-state index >= 15 is 0 Å². The number of nitro benzene ring substituents is 1. The zero-order valence-corrected chi connectivity index (χ0v) is 12.0. The van der Waals surface area contributed by atoms with Gasteiger partial charge in [-0.15, -0.1) is 0 Å². The smallest absolute Gasteiger partial charge is 0.292 e. The van der Waals surface area contributed by atoms with Crippen LogP contribution in [0.3, 0.4) is 0 Å². The van der Waals surface area contributed by atoms with Crippen LogP contribution in [0.1, 0.15) is 19.8 Å². The van der Waals surface area contributed by atoms with E-state index in [-0.39, 0.29) is 16.7 Å². The molecule has 1 N–H and O–H groups in total. The fraction of sp³-hybridized carbons (Fsp3) is 0.500. The highest BCUT2D eigenvalue weighted by atomic mass is 31.0.